The van der Waals surface area contributed by atoms with E-state index in [1.54, 1.807) is 0 Å². The molecule has 1 rings (SSSR count). The summed E-state index contributed by atoms with van der Waals surface area (Å²) in [5.41, 5.74) is 0. The van der Waals surface area contributed by atoms with E-state index >= 15 is 0 Å². The van der Waals surface area contributed by atoms with Gasteiger partial charge in [0.25, 0.3) is 0 Å². The predicted octanol–water partition coefficient (Wildman–Crippen LogP) is 3.83. The van der Waals surface area contributed by atoms with Crippen LogP contribution in [0, 0.1) is 0 Å². The molecule has 15 heavy (non-hydrogen) atoms. The maximum atomic E-state index is 3.71. The molecule has 2 heteroatoms. The lowest BCUT2D eigenvalue weighted by atomic mass is 9.95. The minimum absolute atomic E-state index is 0.852. The molecule has 1 aliphatic rings. The number of unbranched alkanes of at least 4 members (excludes halogenated alkanes) is 3. The summed E-state index contributed by atoms with van der Waals surface area (Å²) in [6.07, 6.45) is 15.0. The van der Waals surface area contributed by atoms with Crippen molar-refractivity contribution in [2.75, 3.05) is 18.6 Å². The third kappa shape index (κ3) is 7.24. The number of nitrogens with one attached hydrogen (secondary N) is 1. The van der Waals surface area contributed by atoms with Crippen molar-refractivity contribution in [2.45, 2.75) is 63.8 Å². The summed E-state index contributed by atoms with van der Waals surface area (Å²) >= 11 is 1.97. The highest BCUT2D eigenvalue weighted by Crippen LogP contribution is 2.17. The summed E-state index contributed by atoms with van der Waals surface area (Å²) in [5, 5.41) is 3.71. The fraction of sp³-hybridized carbons (Fsp3) is 1.00. The van der Waals surface area contributed by atoms with Gasteiger partial charge in [0, 0.05) is 6.04 Å². The van der Waals surface area contributed by atoms with Gasteiger partial charge in [0.15, 0.2) is 0 Å². The van der Waals surface area contributed by atoms with Crippen LogP contribution in [0.5, 0.6) is 0 Å². The van der Waals surface area contributed by atoms with Crippen LogP contribution >= 0.6 is 11.8 Å². The van der Waals surface area contributed by atoms with Gasteiger partial charge in [-0.15, -0.1) is 0 Å². The Morgan fingerprint density at radius 1 is 1.00 bits per heavy atom. The molecule has 0 aliphatic heterocycles. The number of hydrogen-bond donors (Lipinski definition) is 1. The first-order valence-electron chi connectivity index (χ1n) is 6.66. The Hall–Kier alpha value is 0.310. The van der Waals surface area contributed by atoms with Crippen LogP contribution in [0.15, 0.2) is 0 Å². The second-order valence-corrected chi connectivity index (χ2v) is 5.68. The van der Waals surface area contributed by atoms with Crippen LogP contribution in [0.4, 0.5) is 0 Å². The number of hydrogen-bond acceptors (Lipinski definition) is 2. The Morgan fingerprint density at radius 3 is 2.47 bits per heavy atom. The molecule has 0 spiro atoms. The van der Waals surface area contributed by atoms with Gasteiger partial charge in [0.05, 0.1) is 0 Å². The van der Waals surface area contributed by atoms with Crippen LogP contribution in [0.3, 0.4) is 0 Å². The van der Waals surface area contributed by atoms with Crippen LogP contribution in [0.2, 0.25) is 0 Å². The van der Waals surface area contributed by atoms with Crippen LogP contribution in [-0.2, 0) is 0 Å². The van der Waals surface area contributed by atoms with Crippen LogP contribution in [0.25, 0.3) is 0 Å². The topological polar surface area (TPSA) is 12.0 Å². The SMILES string of the molecule is CSCCCCCCNC1CCCCC1. The maximum absolute atomic E-state index is 3.71. The van der Waals surface area contributed by atoms with Gasteiger partial charge in [-0.05, 0) is 44.2 Å². The fourth-order valence-electron chi connectivity index (χ4n) is 2.34. The molecule has 0 unspecified atom stereocenters. The van der Waals surface area contributed by atoms with Crippen molar-refractivity contribution >= 4 is 11.8 Å². The van der Waals surface area contributed by atoms with Crippen molar-refractivity contribution in [3.05, 3.63) is 0 Å². The second-order valence-electron chi connectivity index (χ2n) is 4.70. The van der Waals surface area contributed by atoms with E-state index in [1.165, 1.54) is 70.1 Å². The van der Waals surface area contributed by atoms with Crippen molar-refractivity contribution in [1.29, 1.82) is 0 Å². The molecule has 0 aromatic carbocycles. The third-order valence-electron chi connectivity index (χ3n) is 3.31. The maximum Gasteiger partial charge on any atom is 0.00670 e. The zero-order chi connectivity index (χ0) is 10.8. The standard InChI is InChI=1S/C13H27NS/c1-15-12-8-3-2-7-11-14-13-9-5-4-6-10-13/h13-14H,2-12H2,1H3. The lowest BCUT2D eigenvalue weighted by Gasteiger charge is -2.22. The van der Waals surface area contributed by atoms with E-state index in [0.29, 0.717) is 0 Å². The molecule has 0 radical (unpaired) electrons. The van der Waals surface area contributed by atoms with Crippen molar-refractivity contribution in [3.63, 3.8) is 0 Å². The average molecular weight is 229 g/mol. The van der Waals surface area contributed by atoms with Crippen molar-refractivity contribution < 1.29 is 0 Å². The first kappa shape index (κ1) is 13.4. The summed E-state index contributed by atoms with van der Waals surface area (Å²) < 4.78 is 0. The van der Waals surface area contributed by atoms with E-state index in [9.17, 15) is 0 Å². The smallest absolute Gasteiger partial charge is 0.00670 e. The molecule has 1 saturated carbocycles. The summed E-state index contributed by atoms with van der Waals surface area (Å²) in [5.74, 6) is 1.34. The van der Waals surface area contributed by atoms with E-state index < -0.39 is 0 Å². The van der Waals surface area contributed by atoms with Gasteiger partial charge in [0.1, 0.15) is 0 Å². The second kappa shape index (κ2) is 9.53. The highest BCUT2D eigenvalue weighted by molar-refractivity contribution is 7.98. The first-order valence-corrected chi connectivity index (χ1v) is 8.05. The molecule has 0 amide bonds. The van der Waals surface area contributed by atoms with Gasteiger partial charge in [-0.1, -0.05) is 32.1 Å². The Morgan fingerprint density at radius 2 is 1.73 bits per heavy atom. The van der Waals surface area contributed by atoms with E-state index in [2.05, 4.69) is 11.6 Å². The number of rotatable bonds is 8. The largest absolute Gasteiger partial charge is 0.314 e. The van der Waals surface area contributed by atoms with Crippen molar-refractivity contribution in [3.8, 4) is 0 Å². The molecule has 1 N–H and O–H groups in total. The zero-order valence-corrected chi connectivity index (χ0v) is 11.1. The number of thioether (sulfide) groups is 1. The molecule has 90 valence electrons. The summed E-state index contributed by atoms with van der Waals surface area (Å²) in [7, 11) is 0. The lowest BCUT2D eigenvalue weighted by Crippen LogP contribution is -2.31. The normalized spacial score (nSPS) is 18.2. The van der Waals surface area contributed by atoms with Gasteiger partial charge in [-0.2, -0.15) is 11.8 Å². The van der Waals surface area contributed by atoms with Gasteiger partial charge in [0.2, 0.25) is 0 Å². The van der Waals surface area contributed by atoms with Crippen molar-refractivity contribution in [2.24, 2.45) is 0 Å². The fourth-order valence-corrected chi connectivity index (χ4v) is 2.83. The first-order chi connectivity index (χ1) is 7.43. The van der Waals surface area contributed by atoms with Gasteiger partial charge in [-0.3, -0.25) is 0 Å². The highest BCUT2D eigenvalue weighted by atomic mass is 32.2. The molecule has 1 aliphatic carbocycles. The minimum Gasteiger partial charge on any atom is -0.314 e. The van der Waals surface area contributed by atoms with Gasteiger partial charge < -0.3 is 5.32 Å². The van der Waals surface area contributed by atoms with Crippen LogP contribution in [0.1, 0.15) is 57.8 Å². The highest BCUT2D eigenvalue weighted by Gasteiger charge is 2.11. The van der Waals surface area contributed by atoms with Crippen LogP contribution in [-0.4, -0.2) is 24.6 Å². The average Bonchev–Trinajstić information content (AvgIpc) is 2.29. The molecule has 0 atom stereocenters. The zero-order valence-electron chi connectivity index (χ0n) is 10.3. The Kier molecular flexibility index (Phi) is 8.50. The molecular weight excluding hydrogens is 202 g/mol. The van der Waals surface area contributed by atoms with E-state index in [1.807, 2.05) is 11.8 Å². The quantitative estimate of drug-likeness (QED) is 0.635. The van der Waals surface area contributed by atoms with E-state index in [4.69, 9.17) is 0 Å². The molecule has 0 heterocycles. The van der Waals surface area contributed by atoms with Crippen molar-refractivity contribution in [1.82, 2.24) is 5.32 Å². The Labute approximate surface area is 99.8 Å². The molecule has 0 saturated heterocycles. The van der Waals surface area contributed by atoms with Gasteiger partial charge in [-0.25, -0.2) is 0 Å². The Balaban J connectivity index is 1.79. The lowest BCUT2D eigenvalue weighted by molar-refractivity contribution is 0.370. The summed E-state index contributed by atoms with van der Waals surface area (Å²) in [4.78, 5) is 0. The van der Waals surface area contributed by atoms with Gasteiger partial charge >= 0.3 is 0 Å². The van der Waals surface area contributed by atoms with Crippen LogP contribution < -0.4 is 5.32 Å². The summed E-state index contributed by atoms with van der Waals surface area (Å²) in [6.45, 7) is 1.25. The minimum atomic E-state index is 0.852. The van der Waals surface area contributed by atoms with E-state index in [-0.39, 0.29) is 0 Å². The molecule has 0 aromatic rings. The van der Waals surface area contributed by atoms with E-state index in [0.717, 1.165) is 6.04 Å². The monoisotopic (exact) mass is 229 g/mol. The molecule has 1 fully saturated rings. The predicted molar refractivity (Wildman–Crippen MR) is 71.7 cm³/mol. The molecule has 0 aromatic heterocycles. The summed E-state index contributed by atoms with van der Waals surface area (Å²) in [6, 6.07) is 0.852. The molecule has 1 nitrogen and oxygen atoms in total. The molecular formula is C13H27NS. The Bertz CT molecular complexity index is 132. The molecule has 0 bridgehead atoms. The third-order valence-corrected chi connectivity index (χ3v) is 4.01.